The highest BCUT2D eigenvalue weighted by Crippen LogP contribution is 2.27. The van der Waals surface area contributed by atoms with Crippen LogP contribution in [0.1, 0.15) is 26.3 Å². The first-order valence-electron chi connectivity index (χ1n) is 7.43. The van der Waals surface area contributed by atoms with Crippen LogP contribution in [-0.2, 0) is 21.3 Å². The number of rotatable bonds is 6. The normalized spacial score (nSPS) is 13.8. The Bertz CT molecular complexity index is 710. The van der Waals surface area contributed by atoms with Crippen molar-refractivity contribution >= 4 is 16.2 Å². The molecule has 0 saturated carbocycles. The second kappa shape index (κ2) is 8.12. The number of nitrogens with one attached hydrogen (secondary N) is 1. The maximum atomic E-state index is 12.3. The number of amides is 1. The minimum Gasteiger partial charge on any atom is -0.444 e. The van der Waals surface area contributed by atoms with Gasteiger partial charge in [0.25, 0.3) is 0 Å². The van der Waals surface area contributed by atoms with Crippen molar-refractivity contribution in [1.29, 1.82) is 0 Å². The van der Waals surface area contributed by atoms with Gasteiger partial charge in [0.05, 0.1) is 12.6 Å². The number of aliphatic hydroxyl groups excluding tert-OH is 1. The van der Waals surface area contributed by atoms with E-state index in [-0.39, 0.29) is 6.42 Å². The van der Waals surface area contributed by atoms with Crippen molar-refractivity contribution in [2.45, 2.75) is 44.3 Å². The summed E-state index contributed by atoms with van der Waals surface area (Å²) in [5.41, 5.74) is -5.71. The topological polar surface area (TPSA) is 102 Å². The summed E-state index contributed by atoms with van der Waals surface area (Å²) in [6.45, 7) is 4.62. The number of alkyl carbamates (subject to hydrolysis) is 1. The van der Waals surface area contributed by atoms with Gasteiger partial charge in [-0.1, -0.05) is 12.1 Å². The van der Waals surface area contributed by atoms with E-state index >= 15 is 0 Å². The zero-order chi connectivity index (χ0) is 20.2. The highest BCUT2D eigenvalue weighted by molar-refractivity contribution is 7.88. The maximum Gasteiger partial charge on any atom is 0.534 e. The molecule has 26 heavy (non-hydrogen) atoms. The molecule has 1 rings (SSSR count). The summed E-state index contributed by atoms with van der Waals surface area (Å²) < 4.78 is 67.7. The highest BCUT2D eigenvalue weighted by atomic mass is 32.2. The number of ether oxygens (including phenoxy) is 1. The third kappa shape index (κ3) is 7.08. The summed E-state index contributed by atoms with van der Waals surface area (Å²) in [5, 5.41) is 11.8. The molecule has 0 fully saturated rings. The number of alkyl halides is 3. The summed E-state index contributed by atoms with van der Waals surface area (Å²) in [6, 6.07) is 4.03. The van der Waals surface area contributed by atoms with E-state index < -0.39 is 45.7 Å². The predicted octanol–water partition coefficient (Wildman–Crippen LogP) is 2.34. The lowest BCUT2D eigenvalue weighted by Crippen LogP contribution is -2.42. The van der Waals surface area contributed by atoms with Crippen LogP contribution in [0.4, 0.5) is 18.0 Å². The smallest absolute Gasteiger partial charge is 0.444 e. The van der Waals surface area contributed by atoms with Gasteiger partial charge in [-0.25, -0.2) is 4.79 Å². The molecule has 2 N–H and O–H groups in total. The summed E-state index contributed by atoms with van der Waals surface area (Å²) >= 11 is 0. The summed E-state index contributed by atoms with van der Waals surface area (Å²) in [4.78, 5) is 11.7. The fourth-order valence-electron chi connectivity index (χ4n) is 1.77. The van der Waals surface area contributed by atoms with Gasteiger partial charge in [-0.15, -0.1) is 0 Å². The quantitative estimate of drug-likeness (QED) is 0.562. The molecular weight excluding hydrogens is 379 g/mol. The number of hydrogen-bond acceptors (Lipinski definition) is 6. The minimum atomic E-state index is -5.74. The molecule has 0 heterocycles. The Labute approximate surface area is 149 Å². The number of carbonyl (C=O) groups is 1. The van der Waals surface area contributed by atoms with Crippen LogP contribution in [0.25, 0.3) is 0 Å². The molecule has 0 bridgehead atoms. The van der Waals surface area contributed by atoms with Gasteiger partial charge in [0, 0.05) is 0 Å². The fraction of sp³-hybridized carbons (Fsp3) is 0.533. The second-order valence-electron chi connectivity index (χ2n) is 6.36. The molecule has 0 unspecified atom stereocenters. The van der Waals surface area contributed by atoms with E-state index in [2.05, 4.69) is 9.50 Å². The van der Waals surface area contributed by atoms with Gasteiger partial charge in [-0.05, 0) is 44.9 Å². The van der Waals surface area contributed by atoms with E-state index in [1.54, 1.807) is 20.8 Å². The molecule has 7 nitrogen and oxygen atoms in total. The number of aliphatic hydroxyl groups is 1. The third-order valence-electron chi connectivity index (χ3n) is 2.84. The summed E-state index contributed by atoms with van der Waals surface area (Å²) in [6.07, 6.45) is -0.588. The van der Waals surface area contributed by atoms with Crippen LogP contribution in [-0.4, -0.2) is 43.4 Å². The second-order valence-corrected chi connectivity index (χ2v) is 7.89. The van der Waals surface area contributed by atoms with E-state index in [0.29, 0.717) is 5.56 Å². The van der Waals surface area contributed by atoms with Crippen molar-refractivity contribution in [3.63, 3.8) is 0 Å². The average molecular weight is 399 g/mol. The van der Waals surface area contributed by atoms with Crippen molar-refractivity contribution in [2.75, 3.05) is 6.61 Å². The van der Waals surface area contributed by atoms with Crippen molar-refractivity contribution in [3.8, 4) is 5.75 Å². The van der Waals surface area contributed by atoms with E-state index in [9.17, 15) is 31.5 Å². The Kier molecular flexibility index (Phi) is 6.88. The van der Waals surface area contributed by atoms with Gasteiger partial charge < -0.3 is 19.3 Å². The Morgan fingerprint density at radius 3 is 2.15 bits per heavy atom. The van der Waals surface area contributed by atoms with Gasteiger partial charge in [0.15, 0.2) is 0 Å². The Morgan fingerprint density at radius 1 is 1.19 bits per heavy atom. The average Bonchev–Trinajstić information content (AvgIpc) is 2.45. The molecule has 0 aromatic heterocycles. The Balaban J connectivity index is 2.72. The number of hydrogen-bond donors (Lipinski definition) is 2. The van der Waals surface area contributed by atoms with E-state index in [4.69, 9.17) is 4.74 Å². The van der Waals surface area contributed by atoms with Crippen LogP contribution in [0.5, 0.6) is 5.75 Å². The minimum absolute atomic E-state index is 0.141. The molecule has 148 valence electrons. The maximum absolute atomic E-state index is 12.3. The third-order valence-corrected chi connectivity index (χ3v) is 3.81. The number of halogens is 3. The number of carbonyl (C=O) groups excluding carboxylic acids is 1. The summed E-state index contributed by atoms with van der Waals surface area (Å²) in [5.74, 6) is -0.508. The van der Waals surface area contributed by atoms with Crippen LogP contribution in [0.15, 0.2) is 24.3 Å². The molecular formula is C15H20F3NO6S. The molecule has 1 aromatic carbocycles. The van der Waals surface area contributed by atoms with Crippen molar-refractivity contribution in [2.24, 2.45) is 0 Å². The standard InChI is InChI=1S/C15H20F3NO6S/c1-14(2,3)24-13(21)19-11(9-20)8-10-4-6-12(7-5-10)25-26(22,23)15(16,17)18/h4-7,11,20H,8-9H2,1-3H3,(H,19,21)/t11-/m1/s1. The molecule has 0 aliphatic carbocycles. The monoisotopic (exact) mass is 399 g/mol. The van der Waals surface area contributed by atoms with E-state index in [0.717, 1.165) is 12.1 Å². The summed E-state index contributed by atoms with van der Waals surface area (Å²) in [7, 11) is -5.74. The molecule has 11 heteroatoms. The van der Waals surface area contributed by atoms with Crippen LogP contribution in [0, 0.1) is 0 Å². The first-order chi connectivity index (χ1) is 11.7. The first kappa shape index (κ1) is 22.0. The zero-order valence-corrected chi connectivity index (χ0v) is 15.1. The molecule has 1 amide bonds. The van der Waals surface area contributed by atoms with Crippen LogP contribution in [0.3, 0.4) is 0 Å². The largest absolute Gasteiger partial charge is 0.534 e. The lowest BCUT2D eigenvalue weighted by molar-refractivity contribution is -0.0500. The fourth-order valence-corrected chi connectivity index (χ4v) is 2.23. The van der Waals surface area contributed by atoms with E-state index in [1.165, 1.54) is 12.1 Å². The van der Waals surface area contributed by atoms with E-state index in [1.807, 2.05) is 0 Å². The molecule has 1 aromatic rings. The van der Waals surface area contributed by atoms with Gasteiger partial charge >= 0.3 is 21.7 Å². The first-order valence-corrected chi connectivity index (χ1v) is 8.84. The van der Waals surface area contributed by atoms with Crippen LogP contribution >= 0.6 is 0 Å². The van der Waals surface area contributed by atoms with Gasteiger partial charge in [0.1, 0.15) is 11.4 Å². The van der Waals surface area contributed by atoms with Gasteiger partial charge in [0.2, 0.25) is 0 Å². The molecule has 1 atom stereocenters. The van der Waals surface area contributed by atoms with Crippen molar-refractivity contribution < 1.29 is 40.4 Å². The van der Waals surface area contributed by atoms with Crippen molar-refractivity contribution in [3.05, 3.63) is 29.8 Å². The molecule has 0 radical (unpaired) electrons. The van der Waals surface area contributed by atoms with Crippen LogP contribution < -0.4 is 9.50 Å². The number of benzene rings is 1. The highest BCUT2D eigenvalue weighted by Gasteiger charge is 2.48. The van der Waals surface area contributed by atoms with Crippen LogP contribution in [0.2, 0.25) is 0 Å². The lowest BCUT2D eigenvalue weighted by Gasteiger charge is -2.22. The zero-order valence-electron chi connectivity index (χ0n) is 14.3. The Hall–Kier alpha value is -2.01. The molecule has 0 aliphatic rings. The molecule has 0 saturated heterocycles. The predicted molar refractivity (Wildman–Crippen MR) is 86.0 cm³/mol. The van der Waals surface area contributed by atoms with Gasteiger partial charge in [-0.3, -0.25) is 0 Å². The van der Waals surface area contributed by atoms with Gasteiger partial charge in [-0.2, -0.15) is 21.6 Å². The molecule has 0 aliphatic heterocycles. The SMILES string of the molecule is CC(C)(C)OC(=O)N[C@@H](CO)Cc1ccc(OS(=O)(=O)C(F)(F)F)cc1. The molecule has 0 spiro atoms. The van der Waals surface area contributed by atoms with Crippen molar-refractivity contribution in [1.82, 2.24) is 5.32 Å². The lowest BCUT2D eigenvalue weighted by atomic mass is 10.1. The Morgan fingerprint density at radius 2 is 1.73 bits per heavy atom.